The summed E-state index contributed by atoms with van der Waals surface area (Å²) in [6, 6.07) is 8.42. The molecule has 0 radical (unpaired) electrons. The van der Waals surface area contributed by atoms with Crippen molar-refractivity contribution in [3.8, 4) is 0 Å². The molecular formula is C23H30N6O2. The van der Waals surface area contributed by atoms with Crippen LogP contribution in [-0.4, -0.2) is 54.0 Å². The molecule has 1 aromatic carbocycles. The highest BCUT2D eigenvalue weighted by Gasteiger charge is 2.22. The van der Waals surface area contributed by atoms with Crippen LogP contribution in [0.4, 0.5) is 11.4 Å². The van der Waals surface area contributed by atoms with E-state index in [1.807, 2.05) is 54.9 Å². The van der Waals surface area contributed by atoms with Crippen molar-refractivity contribution in [3.63, 3.8) is 0 Å². The van der Waals surface area contributed by atoms with Gasteiger partial charge in [-0.25, -0.2) is 9.67 Å². The lowest BCUT2D eigenvalue weighted by Crippen LogP contribution is -2.30. The maximum Gasteiger partial charge on any atom is 0.255 e. The van der Waals surface area contributed by atoms with E-state index in [-0.39, 0.29) is 11.9 Å². The van der Waals surface area contributed by atoms with E-state index in [2.05, 4.69) is 20.7 Å². The van der Waals surface area contributed by atoms with Gasteiger partial charge in [0.2, 0.25) is 0 Å². The third-order valence-corrected chi connectivity index (χ3v) is 5.69. The van der Waals surface area contributed by atoms with Gasteiger partial charge < -0.3 is 20.3 Å². The Morgan fingerprint density at radius 2 is 1.94 bits per heavy atom. The molecule has 2 aromatic heterocycles. The number of pyridine rings is 1. The van der Waals surface area contributed by atoms with Crippen LogP contribution in [-0.2, 0) is 17.8 Å². The zero-order valence-electron chi connectivity index (χ0n) is 18.4. The molecule has 0 saturated carbocycles. The number of nitrogens with one attached hydrogen (secondary N) is 2. The fourth-order valence-electron chi connectivity index (χ4n) is 3.82. The van der Waals surface area contributed by atoms with Gasteiger partial charge in [0.25, 0.3) is 5.91 Å². The number of hydrogen-bond acceptors (Lipinski definition) is 6. The predicted molar refractivity (Wildman–Crippen MR) is 123 cm³/mol. The average Bonchev–Trinajstić information content (AvgIpc) is 3.22. The molecule has 0 atom stereocenters. The third-order valence-electron chi connectivity index (χ3n) is 5.69. The average molecular weight is 423 g/mol. The van der Waals surface area contributed by atoms with Gasteiger partial charge in [-0.3, -0.25) is 4.79 Å². The minimum atomic E-state index is -0.148. The van der Waals surface area contributed by atoms with E-state index in [4.69, 9.17) is 4.74 Å². The van der Waals surface area contributed by atoms with Gasteiger partial charge in [0.15, 0.2) is 5.65 Å². The minimum Gasteiger partial charge on any atom is -0.381 e. The number of ether oxygens (including phenoxy) is 1. The van der Waals surface area contributed by atoms with E-state index < -0.39 is 0 Å². The zero-order chi connectivity index (χ0) is 21.8. The summed E-state index contributed by atoms with van der Waals surface area (Å²) < 4.78 is 7.33. The largest absolute Gasteiger partial charge is 0.381 e. The number of rotatable bonds is 7. The Labute approximate surface area is 182 Å². The van der Waals surface area contributed by atoms with Crippen molar-refractivity contribution in [1.29, 1.82) is 0 Å². The standard InChI is InChI=1S/C23H30N6O2/c1-4-29-22-19(15-26-29)21(27-17-9-11-31-12-10-17)20(14-24-22)23(30)25-13-16-5-7-18(8-6-16)28(2)3/h5-8,14-15,17H,4,9-13H2,1-3H3,(H,24,27)(H,25,30). The first-order valence-electron chi connectivity index (χ1n) is 10.8. The molecule has 0 spiro atoms. The van der Waals surface area contributed by atoms with E-state index in [0.717, 1.165) is 60.6 Å². The summed E-state index contributed by atoms with van der Waals surface area (Å²) in [5, 5.41) is 11.9. The molecule has 1 saturated heterocycles. The van der Waals surface area contributed by atoms with Crippen LogP contribution >= 0.6 is 0 Å². The quantitative estimate of drug-likeness (QED) is 0.609. The molecule has 0 bridgehead atoms. The molecular weight excluding hydrogens is 392 g/mol. The Morgan fingerprint density at radius 1 is 1.19 bits per heavy atom. The third kappa shape index (κ3) is 4.64. The highest BCUT2D eigenvalue weighted by Crippen LogP contribution is 2.28. The zero-order valence-corrected chi connectivity index (χ0v) is 18.4. The second-order valence-corrected chi connectivity index (χ2v) is 8.02. The summed E-state index contributed by atoms with van der Waals surface area (Å²) in [6.45, 7) is 4.66. The Bertz CT molecular complexity index is 1040. The van der Waals surface area contributed by atoms with Crippen molar-refractivity contribution in [2.45, 2.75) is 38.9 Å². The van der Waals surface area contributed by atoms with Crippen LogP contribution in [0.25, 0.3) is 11.0 Å². The Balaban J connectivity index is 1.57. The lowest BCUT2D eigenvalue weighted by Gasteiger charge is -2.25. The normalized spacial score (nSPS) is 14.5. The first kappa shape index (κ1) is 21.1. The van der Waals surface area contributed by atoms with Crippen molar-refractivity contribution in [3.05, 3.63) is 47.8 Å². The lowest BCUT2D eigenvalue weighted by atomic mass is 10.1. The molecule has 164 valence electrons. The van der Waals surface area contributed by atoms with Crippen molar-refractivity contribution in [2.24, 2.45) is 0 Å². The summed E-state index contributed by atoms with van der Waals surface area (Å²) in [4.78, 5) is 19.7. The van der Waals surface area contributed by atoms with Gasteiger partial charge in [0.1, 0.15) is 0 Å². The van der Waals surface area contributed by atoms with Crippen LogP contribution in [0.3, 0.4) is 0 Å². The second kappa shape index (κ2) is 9.34. The molecule has 8 nitrogen and oxygen atoms in total. The smallest absolute Gasteiger partial charge is 0.255 e. The molecule has 0 unspecified atom stereocenters. The number of aryl methyl sites for hydroxylation is 1. The van der Waals surface area contributed by atoms with Gasteiger partial charge >= 0.3 is 0 Å². The highest BCUT2D eigenvalue weighted by atomic mass is 16.5. The molecule has 0 aliphatic carbocycles. The monoisotopic (exact) mass is 422 g/mol. The maximum absolute atomic E-state index is 13.1. The first-order valence-corrected chi connectivity index (χ1v) is 10.8. The summed E-state index contributed by atoms with van der Waals surface area (Å²) in [5.41, 5.74) is 4.30. The van der Waals surface area contributed by atoms with E-state index in [0.29, 0.717) is 12.1 Å². The van der Waals surface area contributed by atoms with Gasteiger partial charge in [-0.2, -0.15) is 5.10 Å². The summed E-state index contributed by atoms with van der Waals surface area (Å²) in [7, 11) is 4.02. The molecule has 31 heavy (non-hydrogen) atoms. The number of nitrogens with zero attached hydrogens (tertiary/aromatic N) is 4. The molecule has 3 heterocycles. The van der Waals surface area contributed by atoms with Gasteiger partial charge in [0.05, 0.1) is 22.8 Å². The highest BCUT2D eigenvalue weighted by molar-refractivity contribution is 6.06. The second-order valence-electron chi connectivity index (χ2n) is 8.02. The fourth-order valence-corrected chi connectivity index (χ4v) is 3.82. The number of carbonyl (C=O) groups excluding carboxylic acids is 1. The van der Waals surface area contributed by atoms with Crippen LogP contribution in [0.2, 0.25) is 0 Å². The van der Waals surface area contributed by atoms with Crippen LogP contribution < -0.4 is 15.5 Å². The Hall–Kier alpha value is -3.13. The molecule has 1 amide bonds. The number of benzene rings is 1. The van der Waals surface area contributed by atoms with Crippen LogP contribution in [0, 0.1) is 0 Å². The molecule has 8 heteroatoms. The number of carbonyl (C=O) groups is 1. The SMILES string of the molecule is CCn1ncc2c(NC3CCOCC3)c(C(=O)NCc3ccc(N(C)C)cc3)cnc21. The van der Waals surface area contributed by atoms with Crippen LogP contribution in [0.1, 0.15) is 35.7 Å². The summed E-state index contributed by atoms with van der Waals surface area (Å²) in [6.07, 6.45) is 5.27. The van der Waals surface area contributed by atoms with Crippen molar-refractivity contribution < 1.29 is 9.53 Å². The van der Waals surface area contributed by atoms with Crippen molar-refractivity contribution in [1.82, 2.24) is 20.1 Å². The number of hydrogen-bond donors (Lipinski definition) is 2. The Kier molecular flexibility index (Phi) is 6.36. The molecule has 4 rings (SSSR count). The molecule has 2 N–H and O–H groups in total. The predicted octanol–water partition coefficient (Wildman–Crippen LogP) is 3.04. The topological polar surface area (TPSA) is 84.3 Å². The number of aromatic nitrogens is 3. The number of anilines is 2. The number of fused-ring (bicyclic) bond motifs is 1. The van der Waals surface area contributed by atoms with E-state index in [1.54, 1.807) is 12.4 Å². The van der Waals surface area contributed by atoms with E-state index in [1.165, 1.54) is 0 Å². The summed E-state index contributed by atoms with van der Waals surface area (Å²) >= 11 is 0. The maximum atomic E-state index is 13.1. The number of amides is 1. The van der Waals surface area contributed by atoms with Gasteiger partial charge in [0, 0.05) is 58.3 Å². The fraction of sp³-hybridized carbons (Fsp3) is 0.435. The van der Waals surface area contributed by atoms with Crippen LogP contribution in [0.5, 0.6) is 0 Å². The minimum absolute atomic E-state index is 0.148. The first-order chi connectivity index (χ1) is 15.1. The van der Waals surface area contributed by atoms with E-state index in [9.17, 15) is 4.79 Å². The van der Waals surface area contributed by atoms with Gasteiger partial charge in [-0.05, 0) is 37.5 Å². The van der Waals surface area contributed by atoms with Crippen molar-refractivity contribution in [2.75, 3.05) is 37.5 Å². The molecule has 1 aliphatic rings. The Morgan fingerprint density at radius 3 is 2.61 bits per heavy atom. The van der Waals surface area contributed by atoms with Gasteiger partial charge in [-0.15, -0.1) is 0 Å². The van der Waals surface area contributed by atoms with E-state index >= 15 is 0 Å². The molecule has 1 aliphatic heterocycles. The molecule has 1 fully saturated rings. The van der Waals surface area contributed by atoms with Gasteiger partial charge in [-0.1, -0.05) is 12.1 Å². The van der Waals surface area contributed by atoms with Crippen LogP contribution in [0.15, 0.2) is 36.7 Å². The van der Waals surface area contributed by atoms with Crippen molar-refractivity contribution >= 4 is 28.3 Å². The summed E-state index contributed by atoms with van der Waals surface area (Å²) in [5.74, 6) is -0.148. The molecule has 3 aromatic rings. The lowest BCUT2D eigenvalue weighted by molar-refractivity contribution is 0.0904.